The summed E-state index contributed by atoms with van der Waals surface area (Å²) in [7, 11) is 0. The molecule has 1 aliphatic heterocycles. The third kappa shape index (κ3) is 4.06. The average molecular weight is 456 g/mol. The first-order chi connectivity index (χ1) is 14.9. The predicted octanol–water partition coefficient (Wildman–Crippen LogP) is 3.29. The molecule has 7 nitrogen and oxygen atoms in total. The van der Waals surface area contributed by atoms with Crippen LogP contribution in [-0.2, 0) is 9.59 Å². The van der Waals surface area contributed by atoms with Gasteiger partial charge in [-0.3, -0.25) is 9.59 Å². The van der Waals surface area contributed by atoms with Crippen molar-refractivity contribution in [3.8, 4) is 11.1 Å². The highest BCUT2D eigenvalue weighted by Crippen LogP contribution is 2.35. The predicted molar refractivity (Wildman–Crippen MR) is 122 cm³/mol. The van der Waals surface area contributed by atoms with Crippen molar-refractivity contribution >= 4 is 51.7 Å². The third-order valence-corrected chi connectivity index (χ3v) is 5.89. The van der Waals surface area contributed by atoms with Gasteiger partial charge in [-0.05, 0) is 35.9 Å². The van der Waals surface area contributed by atoms with Crippen molar-refractivity contribution in [3.63, 3.8) is 0 Å². The Morgan fingerprint density at radius 1 is 1.13 bits per heavy atom. The molecule has 1 aliphatic rings. The molecule has 1 atom stereocenters. The number of rotatable bonds is 4. The molecular formula is C22H19Cl2N5O2. The molecule has 2 amide bonds. The number of primary amides is 1. The number of nitrogens with zero attached hydrogens (tertiary/aromatic N) is 4. The number of carbonyl (C=O) groups is 2. The van der Waals surface area contributed by atoms with E-state index >= 15 is 0 Å². The van der Waals surface area contributed by atoms with Crippen molar-refractivity contribution in [2.24, 2.45) is 5.73 Å². The molecule has 0 unspecified atom stereocenters. The second-order valence-corrected chi connectivity index (χ2v) is 8.00. The van der Waals surface area contributed by atoms with E-state index in [0.717, 1.165) is 16.5 Å². The van der Waals surface area contributed by atoms with Crippen molar-refractivity contribution in [2.75, 3.05) is 24.5 Å². The fraction of sp³-hybridized carbons (Fsp3) is 0.182. The number of anilines is 1. The summed E-state index contributed by atoms with van der Waals surface area (Å²) in [5.74, 6) is -0.259. The number of benzene rings is 2. The van der Waals surface area contributed by atoms with Crippen LogP contribution in [0.15, 0.2) is 55.4 Å². The number of fused-ring (bicyclic) bond motifs is 1. The molecule has 0 aliphatic carbocycles. The largest absolute Gasteiger partial charge is 0.368 e. The van der Waals surface area contributed by atoms with Crippen LogP contribution < -0.4 is 10.6 Å². The van der Waals surface area contributed by atoms with Crippen LogP contribution in [0.3, 0.4) is 0 Å². The zero-order valence-corrected chi connectivity index (χ0v) is 18.0. The number of piperazine rings is 1. The molecule has 3 aromatic rings. The smallest absolute Gasteiger partial charge is 0.246 e. The lowest BCUT2D eigenvalue weighted by molar-refractivity contribution is -0.136. The third-order valence-electron chi connectivity index (χ3n) is 5.32. The number of amides is 2. The van der Waals surface area contributed by atoms with Crippen LogP contribution in [0.2, 0.25) is 10.0 Å². The van der Waals surface area contributed by atoms with Gasteiger partial charge in [0.25, 0.3) is 0 Å². The molecule has 1 fully saturated rings. The maximum atomic E-state index is 12.1. The first-order valence-corrected chi connectivity index (χ1v) is 10.3. The van der Waals surface area contributed by atoms with Crippen molar-refractivity contribution in [3.05, 3.63) is 65.4 Å². The van der Waals surface area contributed by atoms with E-state index in [2.05, 4.69) is 16.5 Å². The zero-order chi connectivity index (χ0) is 22.1. The number of aromatic nitrogens is 2. The van der Waals surface area contributed by atoms with Crippen LogP contribution in [0.1, 0.15) is 0 Å². The Labute approximate surface area is 189 Å². The Bertz CT molecular complexity index is 1180. The van der Waals surface area contributed by atoms with Gasteiger partial charge in [0.2, 0.25) is 11.8 Å². The van der Waals surface area contributed by atoms with Crippen molar-refractivity contribution < 1.29 is 9.59 Å². The maximum absolute atomic E-state index is 12.1. The molecule has 0 spiro atoms. The van der Waals surface area contributed by atoms with E-state index in [9.17, 15) is 9.59 Å². The van der Waals surface area contributed by atoms with Crippen LogP contribution in [0.4, 0.5) is 5.82 Å². The van der Waals surface area contributed by atoms with Gasteiger partial charge in [-0.25, -0.2) is 9.97 Å². The molecule has 158 valence electrons. The van der Waals surface area contributed by atoms with Gasteiger partial charge in [-0.2, -0.15) is 0 Å². The lowest BCUT2D eigenvalue weighted by atomic mass is 10.0. The lowest BCUT2D eigenvalue weighted by Gasteiger charge is -2.40. The van der Waals surface area contributed by atoms with Gasteiger partial charge in [0.15, 0.2) is 0 Å². The van der Waals surface area contributed by atoms with E-state index in [-0.39, 0.29) is 12.5 Å². The number of carbonyl (C=O) groups excluding carboxylic acids is 2. The summed E-state index contributed by atoms with van der Waals surface area (Å²) < 4.78 is 0. The summed E-state index contributed by atoms with van der Waals surface area (Å²) in [6.07, 6.45) is 2.64. The highest BCUT2D eigenvalue weighted by Gasteiger charge is 2.34. The van der Waals surface area contributed by atoms with Crippen LogP contribution in [0.25, 0.3) is 22.0 Å². The minimum Gasteiger partial charge on any atom is -0.368 e. The zero-order valence-electron chi connectivity index (χ0n) is 16.5. The van der Waals surface area contributed by atoms with Gasteiger partial charge in [-0.15, -0.1) is 0 Å². The van der Waals surface area contributed by atoms with Gasteiger partial charge >= 0.3 is 0 Å². The SMILES string of the molecule is C=CC(=O)N1CCN(c2ncnc3cc(Cl)c(-c4ccc(Cl)cc4)cc23)C[C@@H]1C(N)=O. The first kappa shape index (κ1) is 21.1. The molecular weight excluding hydrogens is 437 g/mol. The molecule has 1 aromatic heterocycles. The van der Waals surface area contributed by atoms with Crippen LogP contribution in [0, 0.1) is 0 Å². The van der Waals surface area contributed by atoms with Crippen LogP contribution in [0.5, 0.6) is 0 Å². The number of halogens is 2. The molecule has 4 rings (SSSR count). The standard InChI is InChI=1S/C22H19Cl2N5O2/c1-2-20(30)29-8-7-28(11-19(29)21(25)31)22-16-9-15(13-3-5-14(23)6-4-13)17(24)10-18(16)26-12-27-22/h2-6,9-10,12,19H,1,7-8,11H2,(H2,25,31)/t19-/m1/s1. The van der Waals surface area contributed by atoms with E-state index in [1.54, 1.807) is 18.2 Å². The lowest BCUT2D eigenvalue weighted by Crippen LogP contribution is -2.59. The average Bonchev–Trinajstić information content (AvgIpc) is 2.78. The van der Waals surface area contributed by atoms with Crippen molar-refractivity contribution in [2.45, 2.75) is 6.04 Å². The summed E-state index contributed by atoms with van der Waals surface area (Å²) in [5, 5.41) is 1.97. The Morgan fingerprint density at radius 3 is 2.55 bits per heavy atom. The molecule has 2 N–H and O–H groups in total. The Kier molecular flexibility index (Phi) is 5.80. The minimum absolute atomic E-state index is 0.222. The fourth-order valence-corrected chi connectivity index (χ4v) is 4.16. The summed E-state index contributed by atoms with van der Waals surface area (Å²) >= 11 is 12.5. The molecule has 31 heavy (non-hydrogen) atoms. The highest BCUT2D eigenvalue weighted by molar-refractivity contribution is 6.34. The molecule has 2 aromatic carbocycles. The summed E-state index contributed by atoms with van der Waals surface area (Å²) in [6.45, 7) is 4.53. The number of hydrogen-bond acceptors (Lipinski definition) is 5. The molecule has 0 radical (unpaired) electrons. The van der Waals surface area contributed by atoms with E-state index in [1.807, 2.05) is 23.1 Å². The summed E-state index contributed by atoms with van der Waals surface area (Å²) in [5.41, 5.74) is 7.97. The van der Waals surface area contributed by atoms with Gasteiger partial charge in [0.05, 0.1) is 10.5 Å². The second kappa shape index (κ2) is 8.53. The summed E-state index contributed by atoms with van der Waals surface area (Å²) in [4.78, 5) is 36.4. The maximum Gasteiger partial charge on any atom is 0.246 e. The van der Waals surface area contributed by atoms with Gasteiger partial charge in [-0.1, -0.05) is 41.9 Å². The highest BCUT2D eigenvalue weighted by atomic mass is 35.5. The molecule has 0 saturated carbocycles. The molecule has 0 bridgehead atoms. The van der Waals surface area contributed by atoms with Crippen molar-refractivity contribution in [1.29, 1.82) is 0 Å². The number of hydrogen-bond donors (Lipinski definition) is 1. The quantitative estimate of drug-likeness (QED) is 0.609. The van der Waals surface area contributed by atoms with Crippen LogP contribution >= 0.6 is 23.2 Å². The van der Waals surface area contributed by atoms with E-state index in [0.29, 0.717) is 34.5 Å². The van der Waals surface area contributed by atoms with Crippen LogP contribution in [-0.4, -0.2) is 52.4 Å². The topological polar surface area (TPSA) is 92.4 Å². The van der Waals surface area contributed by atoms with E-state index in [1.165, 1.54) is 17.3 Å². The van der Waals surface area contributed by atoms with E-state index < -0.39 is 11.9 Å². The second-order valence-electron chi connectivity index (χ2n) is 7.15. The van der Waals surface area contributed by atoms with Gasteiger partial charge in [0.1, 0.15) is 18.2 Å². The fourth-order valence-electron chi connectivity index (χ4n) is 3.77. The molecule has 2 heterocycles. The minimum atomic E-state index is -0.785. The number of nitrogens with two attached hydrogens (primary N) is 1. The Hall–Kier alpha value is -3.16. The van der Waals surface area contributed by atoms with E-state index in [4.69, 9.17) is 28.9 Å². The first-order valence-electron chi connectivity index (χ1n) is 9.56. The van der Waals surface area contributed by atoms with Crippen molar-refractivity contribution in [1.82, 2.24) is 14.9 Å². The molecule has 9 heteroatoms. The normalized spacial score (nSPS) is 16.4. The van der Waals surface area contributed by atoms with Gasteiger partial charge < -0.3 is 15.5 Å². The monoisotopic (exact) mass is 455 g/mol. The Balaban J connectivity index is 1.76. The summed E-state index contributed by atoms with van der Waals surface area (Å²) in [6, 6.07) is 10.3. The molecule has 1 saturated heterocycles. The van der Waals surface area contributed by atoms with Gasteiger partial charge in [0, 0.05) is 35.6 Å². The Morgan fingerprint density at radius 2 is 1.87 bits per heavy atom.